The van der Waals surface area contributed by atoms with Crippen LogP contribution in [0.3, 0.4) is 0 Å². The minimum absolute atomic E-state index is 0.000935. The summed E-state index contributed by atoms with van der Waals surface area (Å²) in [5.41, 5.74) is 2.24. The van der Waals surface area contributed by atoms with Gasteiger partial charge in [0.1, 0.15) is 24.2 Å². The van der Waals surface area contributed by atoms with Crippen molar-refractivity contribution in [3.05, 3.63) is 52.3 Å². The zero-order chi connectivity index (χ0) is 18.5. The molecule has 0 aliphatic carbocycles. The van der Waals surface area contributed by atoms with E-state index in [1.165, 1.54) is 25.5 Å². The molecule has 136 valence electrons. The number of likely N-dealkylation sites (tertiary alicyclic amines) is 1. The molecule has 0 unspecified atom stereocenters. The van der Waals surface area contributed by atoms with Crippen LogP contribution in [-0.4, -0.2) is 27.6 Å². The van der Waals surface area contributed by atoms with Gasteiger partial charge in [0.2, 0.25) is 0 Å². The second-order valence-electron chi connectivity index (χ2n) is 6.71. The molecule has 1 atom stereocenters. The van der Waals surface area contributed by atoms with Crippen molar-refractivity contribution in [3.8, 4) is 17.6 Å². The first-order valence-corrected chi connectivity index (χ1v) is 9.17. The lowest BCUT2D eigenvalue weighted by Gasteiger charge is -2.33. The molecular weight excluding hydrogens is 350 g/mol. The van der Waals surface area contributed by atoms with Gasteiger partial charge < -0.3 is 9.84 Å². The zero-order valence-corrected chi connectivity index (χ0v) is 15.5. The van der Waals surface area contributed by atoms with Crippen LogP contribution in [0.5, 0.6) is 11.5 Å². The summed E-state index contributed by atoms with van der Waals surface area (Å²) in [6.45, 7) is 4.28. The van der Waals surface area contributed by atoms with E-state index in [1.807, 2.05) is 0 Å². The van der Waals surface area contributed by atoms with Crippen LogP contribution in [-0.2, 0) is 13.2 Å². The number of aromatic hydroxyl groups is 1. The fraction of sp³-hybridized carbons (Fsp3) is 0.400. The lowest BCUT2D eigenvalue weighted by atomic mass is 10.0. The quantitative estimate of drug-likeness (QED) is 0.850. The van der Waals surface area contributed by atoms with Gasteiger partial charge in [-0.25, -0.2) is 0 Å². The van der Waals surface area contributed by atoms with E-state index in [4.69, 9.17) is 21.6 Å². The topological polar surface area (TPSA) is 69.4 Å². The highest BCUT2D eigenvalue weighted by Crippen LogP contribution is 2.34. The third kappa shape index (κ3) is 4.46. The van der Waals surface area contributed by atoms with Crippen LogP contribution in [0.15, 0.2) is 30.6 Å². The standard InChI is InChI=1S/C20H22ClN3O2/c1-14-4-2-3-5-24(14)12-17-7-18(21)19(25)8-20(17)26-13-16-6-15(9-22)10-23-11-16/h6-8,10-11,14,25H,2-5,12-13H2,1H3/t14-/m1/s1. The normalized spacial score (nSPS) is 17.7. The van der Waals surface area contributed by atoms with Crippen LogP contribution in [0.2, 0.25) is 5.02 Å². The predicted octanol–water partition coefficient (Wildman–Crippen LogP) is 4.27. The van der Waals surface area contributed by atoms with Crippen LogP contribution >= 0.6 is 11.6 Å². The molecule has 1 aromatic heterocycles. The van der Waals surface area contributed by atoms with Crippen molar-refractivity contribution in [2.24, 2.45) is 0 Å². The summed E-state index contributed by atoms with van der Waals surface area (Å²) in [6.07, 6.45) is 6.83. The number of pyridine rings is 1. The third-order valence-electron chi connectivity index (χ3n) is 4.76. The summed E-state index contributed by atoms with van der Waals surface area (Å²) >= 11 is 6.13. The second-order valence-corrected chi connectivity index (χ2v) is 7.12. The average Bonchev–Trinajstić information content (AvgIpc) is 2.65. The van der Waals surface area contributed by atoms with Gasteiger partial charge in [-0.1, -0.05) is 18.0 Å². The van der Waals surface area contributed by atoms with E-state index in [-0.39, 0.29) is 12.4 Å². The number of nitriles is 1. The first-order valence-electron chi connectivity index (χ1n) is 8.79. The number of rotatable bonds is 5. The van der Waals surface area contributed by atoms with Gasteiger partial charge in [0, 0.05) is 42.2 Å². The maximum absolute atomic E-state index is 9.98. The number of ether oxygens (including phenoxy) is 1. The summed E-state index contributed by atoms with van der Waals surface area (Å²) < 4.78 is 5.94. The Bertz CT molecular complexity index is 819. The molecule has 1 saturated heterocycles. The van der Waals surface area contributed by atoms with Crippen LogP contribution in [0.1, 0.15) is 42.9 Å². The zero-order valence-electron chi connectivity index (χ0n) is 14.8. The Hall–Kier alpha value is -2.29. The molecular formula is C20H22ClN3O2. The van der Waals surface area contributed by atoms with Crippen molar-refractivity contribution in [1.29, 1.82) is 5.26 Å². The van der Waals surface area contributed by atoms with Gasteiger partial charge in [0.05, 0.1) is 10.6 Å². The molecule has 5 nitrogen and oxygen atoms in total. The van der Waals surface area contributed by atoms with Crippen molar-refractivity contribution in [1.82, 2.24) is 9.88 Å². The average molecular weight is 372 g/mol. The lowest BCUT2D eigenvalue weighted by Crippen LogP contribution is -2.36. The van der Waals surface area contributed by atoms with Gasteiger partial charge in [-0.05, 0) is 38.4 Å². The number of nitrogens with zero attached hydrogens (tertiary/aromatic N) is 3. The first-order chi connectivity index (χ1) is 12.6. The maximum Gasteiger partial charge on any atom is 0.137 e. The van der Waals surface area contributed by atoms with Gasteiger partial charge in [0.25, 0.3) is 0 Å². The molecule has 1 aliphatic heterocycles. The Labute approximate surface area is 158 Å². The Morgan fingerprint density at radius 2 is 2.19 bits per heavy atom. The Morgan fingerprint density at radius 3 is 2.96 bits per heavy atom. The van der Waals surface area contributed by atoms with E-state index in [0.29, 0.717) is 22.4 Å². The Morgan fingerprint density at radius 1 is 1.35 bits per heavy atom. The third-order valence-corrected chi connectivity index (χ3v) is 5.07. The van der Waals surface area contributed by atoms with E-state index >= 15 is 0 Å². The SMILES string of the molecule is C[C@@H]1CCCCN1Cc1cc(Cl)c(O)cc1OCc1cncc(C#N)c1. The van der Waals surface area contributed by atoms with Gasteiger partial charge in [-0.15, -0.1) is 0 Å². The summed E-state index contributed by atoms with van der Waals surface area (Å²) in [4.78, 5) is 6.46. The maximum atomic E-state index is 9.98. The molecule has 1 aliphatic rings. The molecule has 0 bridgehead atoms. The number of phenols is 1. The Kier molecular flexibility index (Phi) is 5.97. The minimum atomic E-state index is 0.000935. The van der Waals surface area contributed by atoms with Crippen molar-refractivity contribution in [2.45, 2.75) is 45.4 Å². The van der Waals surface area contributed by atoms with E-state index in [0.717, 1.165) is 24.2 Å². The van der Waals surface area contributed by atoms with Crippen LogP contribution in [0.25, 0.3) is 0 Å². The lowest BCUT2D eigenvalue weighted by molar-refractivity contribution is 0.150. The summed E-state index contributed by atoms with van der Waals surface area (Å²) in [7, 11) is 0. The van der Waals surface area contributed by atoms with Gasteiger partial charge in [-0.2, -0.15) is 5.26 Å². The largest absolute Gasteiger partial charge is 0.506 e. The number of benzene rings is 1. The number of hydrogen-bond donors (Lipinski definition) is 1. The molecule has 3 rings (SSSR count). The van der Waals surface area contributed by atoms with Crippen molar-refractivity contribution in [3.63, 3.8) is 0 Å². The molecule has 1 N–H and O–H groups in total. The highest BCUT2D eigenvalue weighted by Gasteiger charge is 2.20. The molecule has 0 amide bonds. The number of hydrogen-bond acceptors (Lipinski definition) is 5. The fourth-order valence-electron chi connectivity index (χ4n) is 3.24. The van der Waals surface area contributed by atoms with Crippen molar-refractivity contribution >= 4 is 11.6 Å². The summed E-state index contributed by atoms with van der Waals surface area (Å²) in [5, 5.41) is 19.3. The van der Waals surface area contributed by atoms with Crippen LogP contribution in [0, 0.1) is 11.3 Å². The highest BCUT2D eigenvalue weighted by molar-refractivity contribution is 6.32. The number of halogens is 1. The molecule has 6 heteroatoms. The van der Waals surface area contributed by atoms with Crippen LogP contribution in [0.4, 0.5) is 0 Å². The van der Waals surface area contributed by atoms with Crippen molar-refractivity contribution < 1.29 is 9.84 Å². The van der Waals surface area contributed by atoms with E-state index < -0.39 is 0 Å². The molecule has 0 spiro atoms. The molecule has 1 fully saturated rings. The number of phenolic OH excluding ortho intramolecular Hbond substituents is 1. The van der Waals surface area contributed by atoms with E-state index in [2.05, 4.69) is 22.9 Å². The van der Waals surface area contributed by atoms with Gasteiger partial charge in [0.15, 0.2) is 0 Å². The van der Waals surface area contributed by atoms with Crippen LogP contribution < -0.4 is 4.74 Å². The van der Waals surface area contributed by atoms with Crippen molar-refractivity contribution in [2.75, 3.05) is 6.54 Å². The van der Waals surface area contributed by atoms with E-state index in [1.54, 1.807) is 24.4 Å². The Balaban J connectivity index is 1.78. The molecule has 0 radical (unpaired) electrons. The summed E-state index contributed by atoms with van der Waals surface area (Å²) in [6, 6.07) is 7.67. The molecule has 2 heterocycles. The fourth-order valence-corrected chi connectivity index (χ4v) is 3.43. The monoisotopic (exact) mass is 371 g/mol. The highest BCUT2D eigenvalue weighted by atomic mass is 35.5. The van der Waals surface area contributed by atoms with Gasteiger partial charge in [-0.3, -0.25) is 9.88 Å². The first kappa shape index (κ1) is 18.5. The number of piperidine rings is 1. The van der Waals surface area contributed by atoms with E-state index in [9.17, 15) is 5.11 Å². The summed E-state index contributed by atoms with van der Waals surface area (Å²) in [5.74, 6) is 0.605. The number of aromatic nitrogens is 1. The minimum Gasteiger partial charge on any atom is -0.506 e. The molecule has 2 aromatic rings. The molecule has 26 heavy (non-hydrogen) atoms. The van der Waals surface area contributed by atoms with Gasteiger partial charge >= 0.3 is 0 Å². The second kappa shape index (κ2) is 8.39. The molecule has 1 aromatic carbocycles. The molecule has 0 saturated carbocycles. The predicted molar refractivity (Wildman–Crippen MR) is 100 cm³/mol. The smallest absolute Gasteiger partial charge is 0.137 e.